The lowest BCUT2D eigenvalue weighted by molar-refractivity contribution is -0.120. The van der Waals surface area contributed by atoms with Crippen molar-refractivity contribution in [2.75, 3.05) is 6.54 Å². The maximum Gasteiger partial charge on any atom is 0.224 e. The summed E-state index contributed by atoms with van der Waals surface area (Å²) < 4.78 is 2.31. The molecule has 0 saturated carbocycles. The number of nitrogens with one attached hydrogen (secondary N) is 1. The fraction of sp³-hybridized carbons (Fsp3) is 0.188. The summed E-state index contributed by atoms with van der Waals surface area (Å²) in [5.41, 5.74) is 6.88. The zero-order valence-electron chi connectivity index (χ0n) is 20.4. The number of hydrogen-bond acceptors (Lipinski definition) is 2. The monoisotopic (exact) mass is 473 g/mol. The Morgan fingerprint density at radius 1 is 0.694 bits per heavy atom. The van der Waals surface area contributed by atoms with Crippen LogP contribution < -0.4 is 5.32 Å². The summed E-state index contributed by atoms with van der Waals surface area (Å²) in [7, 11) is 0. The number of aromatic nitrogens is 2. The zero-order chi connectivity index (χ0) is 24.6. The molecule has 0 spiro atoms. The van der Waals surface area contributed by atoms with E-state index in [1.165, 1.54) is 11.1 Å². The van der Waals surface area contributed by atoms with Crippen molar-refractivity contribution in [3.8, 4) is 11.1 Å². The molecule has 0 aliphatic rings. The predicted molar refractivity (Wildman–Crippen MR) is 147 cm³/mol. The largest absolute Gasteiger partial charge is 0.355 e. The minimum atomic E-state index is 0.0363. The van der Waals surface area contributed by atoms with E-state index in [0.717, 1.165) is 47.4 Å². The summed E-state index contributed by atoms with van der Waals surface area (Å²) in [6.07, 6.45) is 3.16. The van der Waals surface area contributed by atoms with Gasteiger partial charge >= 0.3 is 0 Å². The first kappa shape index (κ1) is 23.6. The van der Waals surface area contributed by atoms with Crippen molar-refractivity contribution in [1.82, 2.24) is 14.9 Å². The fourth-order valence-electron chi connectivity index (χ4n) is 4.66. The number of nitrogens with zero attached hydrogens (tertiary/aromatic N) is 2. The lowest BCUT2D eigenvalue weighted by Gasteiger charge is -2.10. The Labute approximate surface area is 212 Å². The van der Waals surface area contributed by atoms with E-state index in [1.54, 1.807) is 0 Å². The number of carbonyl (C=O) groups is 1. The highest BCUT2D eigenvalue weighted by molar-refractivity contribution is 5.79. The molecule has 36 heavy (non-hydrogen) atoms. The third-order valence-corrected chi connectivity index (χ3v) is 6.52. The number of amides is 1. The van der Waals surface area contributed by atoms with E-state index in [0.29, 0.717) is 19.4 Å². The molecule has 1 amide bonds. The molecule has 0 bridgehead atoms. The highest BCUT2D eigenvalue weighted by atomic mass is 16.1. The second kappa shape index (κ2) is 11.5. The van der Waals surface area contributed by atoms with Gasteiger partial charge in [-0.25, -0.2) is 4.98 Å². The van der Waals surface area contributed by atoms with Crippen molar-refractivity contribution in [1.29, 1.82) is 0 Å². The molecule has 0 fully saturated rings. The van der Waals surface area contributed by atoms with Gasteiger partial charge in [-0.05, 0) is 47.2 Å². The van der Waals surface area contributed by atoms with Crippen molar-refractivity contribution in [3.63, 3.8) is 0 Å². The van der Waals surface area contributed by atoms with E-state index in [4.69, 9.17) is 4.98 Å². The van der Waals surface area contributed by atoms with Crippen LogP contribution >= 0.6 is 0 Å². The van der Waals surface area contributed by atoms with Crippen LogP contribution in [0.3, 0.4) is 0 Å². The molecule has 0 aliphatic carbocycles. The fourth-order valence-corrected chi connectivity index (χ4v) is 4.66. The van der Waals surface area contributed by atoms with Gasteiger partial charge in [-0.15, -0.1) is 0 Å². The lowest BCUT2D eigenvalue weighted by Crippen LogP contribution is -2.28. The van der Waals surface area contributed by atoms with E-state index in [-0.39, 0.29) is 5.91 Å². The Kier molecular flexibility index (Phi) is 7.52. The number of benzene rings is 4. The number of rotatable bonds is 10. The highest BCUT2D eigenvalue weighted by Gasteiger charge is 2.11. The first-order chi connectivity index (χ1) is 17.8. The summed E-state index contributed by atoms with van der Waals surface area (Å²) >= 11 is 0. The molecule has 4 aromatic carbocycles. The van der Waals surface area contributed by atoms with Crippen LogP contribution in [0.5, 0.6) is 0 Å². The van der Waals surface area contributed by atoms with Gasteiger partial charge in [0.1, 0.15) is 5.82 Å². The molecule has 0 atom stereocenters. The van der Waals surface area contributed by atoms with E-state index < -0.39 is 0 Å². The van der Waals surface area contributed by atoms with Gasteiger partial charge in [0, 0.05) is 19.5 Å². The summed E-state index contributed by atoms with van der Waals surface area (Å²) in [5.74, 6) is 1.06. The number of para-hydroxylation sites is 2. The van der Waals surface area contributed by atoms with Gasteiger partial charge in [0.15, 0.2) is 0 Å². The van der Waals surface area contributed by atoms with Crippen LogP contribution in [0.1, 0.15) is 23.4 Å². The predicted octanol–water partition coefficient (Wildman–Crippen LogP) is 6.24. The quantitative estimate of drug-likeness (QED) is 0.261. The Balaban J connectivity index is 1.17. The molecule has 0 unspecified atom stereocenters. The Bertz CT molecular complexity index is 1410. The molecule has 5 rings (SSSR count). The maximum atomic E-state index is 12.6. The molecule has 1 aromatic heterocycles. The van der Waals surface area contributed by atoms with Crippen molar-refractivity contribution >= 4 is 16.9 Å². The molecule has 4 heteroatoms. The minimum absolute atomic E-state index is 0.0363. The first-order valence-corrected chi connectivity index (χ1v) is 12.7. The third kappa shape index (κ3) is 5.89. The molecular weight excluding hydrogens is 442 g/mol. The molecule has 4 nitrogen and oxygen atoms in total. The van der Waals surface area contributed by atoms with E-state index in [9.17, 15) is 4.79 Å². The van der Waals surface area contributed by atoms with Gasteiger partial charge in [0.05, 0.1) is 17.5 Å². The Hall–Kier alpha value is -4.18. The van der Waals surface area contributed by atoms with Gasteiger partial charge in [0.2, 0.25) is 5.91 Å². The van der Waals surface area contributed by atoms with Crippen molar-refractivity contribution in [2.45, 2.75) is 32.2 Å². The topological polar surface area (TPSA) is 46.9 Å². The molecule has 1 heterocycles. The van der Waals surface area contributed by atoms with Crippen LogP contribution in [0.2, 0.25) is 0 Å². The molecule has 0 radical (unpaired) electrons. The van der Waals surface area contributed by atoms with Crippen LogP contribution in [0.25, 0.3) is 22.2 Å². The van der Waals surface area contributed by atoms with Gasteiger partial charge in [0.25, 0.3) is 0 Å². The van der Waals surface area contributed by atoms with Crippen LogP contribution in [-0.2, 0) is 30.6 Å². The van der Waals surface area contributed by atoms with Crippen molar-refractivity contribution in [2.24, 2.45) is 0 Å². The normalized spacial score (nSPS) is 11.0. The smallest absolute Gasteiger partial charge is 0.224 e. The highest BCUT2D eigenvalue weighted by Crippen LogP contribution is 2.20. The zero-order valence-corrected chi connectivity index (χ0v) is 20.4. The van der Waals surface area contributed by atoms with E-state index >= 15 is 0 Å². The molecule has 0 aliphatic heterocycles. The average Bonchev–Trinajstić information content (AvgIpc) is 3.27. The van der Waals surface area contributed by atoms with Gasteiger partial charge in [-0.1, -0.05) is 97.1 Å². The average molecular weight is 474 g/mol. The van der Waals surface area contributed by atoms with Gasteiger partial charge in [-0.3, -0.25) is 4.79 Å². The van der Waals surface area contributed by atoms with Crippen LogP contribution in [0, 0.1) is 0 Å². The van der Waals surface area contributed by atoms with Crippen LogP contribution in [0.15, 0.2) is 109 Å². The number of hydrogen-bond donors (Lipinski definition) is 1. The third-order valence-electron chi connectivity index (χ3n) is 6.52. The second-order valence-electron chi connectivity index (χ2n) is 9.10. The molecular formula is C32H31N3O. The minimum Gasteiger partial charge on any atom is -0.355 e. The van der Waals surface area contributed by atoms with Crippen molar-refractivity contribution in [3.05, 3.63) is 126 Å². The number of aryl methyl sites for hydroxylation is 2. The summed E-state index contributed by atoms with van der Waals surface area (Å²) in [6.45, 7) is 1.48. The number of carbonyl (C=O) groups excluding carboxylic acids is 1. The summed E-state index contributed by atoms with van der Waals surface area (Å²) in [6, 6.07) is 37.4. The standard InChI is InChI=1S/C32H31N3O/c36-32(24-26-17-19-28(20-18-26)27-13-5-2-6-14-27)33-22-21-31-34-29-15-7-8-16-30(29)35(31)23-9-12-25-10-3-1-4-11-25/h1-8,10-11,13-20H,9,12,21-24H2,(H,33,36). The van der Waals surface area contributed by atoms with E-state index in [1.807, 2.05) is 36.4 Å². The Morgan fingerprint density at radius 2 is 1.36 bits per heavy atom. The molecule has 0 saturated heterocycles. The van der Waals surface area contributed by atoms with Gasteiger partial charge in [-0.2, -0.15) is 0 Å². The molecule has 5 aromatic rings. The molecule has 1 N–H and O–H groups in total. The maximum absolute atomic E-state index is 12.6. The summed E-state index contributed by atoms with van der Waals surface area (Å²) in [4.78, 5) is 17.5. The van der Waals surface area contributed by atoms with Crippen molar-refractivity contribution < 1.29 is 4.79 Å². The van der Waals surface area contributed by atoms with Gasteiger partial charge < -0.3 is 9.88 Å². The number of imidazole rings is 1. The van der Waals surface area contributed by atoms with E-state index in [2.05, 4.69) is 82.7 Å². The summed E-state index contributed by atoms with van der Waals surface area (Å²) in [5, 5.41) is 3.09. The van der Waals surface area contributed by atoms with Crippen LogP contribution in [-0.4, -0.2) is 22.0 Å². The second-order valence-corrected chi connectivity index (χ2v) is 9.10. The SMILES string of the molecule is O=C(Cc1ccc(-c2ccccc2)cc1)NCCc1nc2ccccc2n1CCCc1ccccc1. The number of fused-ring (bicyclic) bond motifs is 1. The Morgan fingerprint density at radius 3 is 2.14 bits per heavy atom. The first-order valence-electron chi connectivity index (χ1n) is 12.7. The lowest BCUT2D eigenvalue weighted by atomic mass is 10.0. The molecule has 180 valence electrons. The van der Waals surface area contributed by atoms with Crippen LogP contribution in [0.4, 0.5) is 0 Å².